The van der Waals surface area contributed by atoms with E-state index in [2.05, 4.69) is 57.4 Å². The van der Waals surface area contributed by atoms with Crippen molar-refractivity contribution in [2.45, 2.75) is 29.6 Å². The van der Waals surface area contributed by atoms with Crippen LogP contribution < -0.4 is 0 Å². The molecule has 0 saturated carbocycles. The minimum atomic E-state index is 0.761. The minimum Gasteiger partial charge on any atom is -0.431 e. The van der Waals surface area contributed by atoms with Gasteiger partial charge in [-0.15, -0.1) is 0 Å². The van der Waals surface area contributed by atoms with Gasteiger partial charge in [-0.2, -0.15) is 0 Å². The Bertz CT molecular complexity index is 1250. The number of aromatic amines is 1. The Morgan fingerprint density at radius 3 is 2.39 bits per heavy atom. The number of unbranched alkanes of at least 4 members (excludes halogenated alkanes) is 2. The first kappa shape index (κ1) is 20.2. The lowest BCUT2D eigenvalue weighted by Gasteiger charge is -1.99. The SMILES string of the molecule is c1ccc(-c2ccc3oc(SCCCCCSc4nc5ccccc5[nH]4)nc3c2)cc1. The van der Waals surface area contributed by atoms with Crippen molar-refractivity contribution in [3.8, 4) is 11.1 Å². The summed E-state index contributed by atoms with van der Waals surface area (Å²) in [6, 6.07) is 24.8. The highest BCUT2D eigenvalue weighted by Gasteiger charge is 2.08. The van der Waals surface area contributed by atoms with Crippen LogP contribution in [0.5, 0.6) is 0 Å². The molecule has 0 fully saturated rings. The number of benzene rings is 3. The summed E-state index contributed by atoms with van der Waals surface area (Å²) in [6.45, 7) is 0. The molecule has 0 unspecified atom stereocenters. The Balaban J connectivity index is 1.06. The summed E-state index contributed by atoms with van der Waals surface area (Å²) in [5, 5.41) is 1.77. The summed E-state index contributed by atoms with van der Waals surface area (Å²) in [5.41, 5.74) is 6.28. The van der Waals surface area contributed by atoms with E-state index < -0.39 is 0 Å². The standard InChI is InChI=1S/C25H23N3OS2/c1-3-9-18(10-4-1)19-13-14-23-22(17-19)28-25(29-23)31-16-8-2-7-15-30-24-26-20-11-5-6-12-21(20)27-24/h1,3-6,9-14,17H,2,7-8,15-16H2,(H,26,27). The molecule has 0 atom stereocenters. The lowest BCUT2D eigenvalue weighted by molar-refractivity contribution is 0.489. The van der Waals surface area contributed by atoms with Crippen molar-refractivity contribution in [3.05, 3.63) is 72.8 Å². The van der Waals surface area contributed by atoms with Gasteiger partial charge in [-0.05, 0) is 48.2 Å². The van der Waals surface area contributed by atoms with Crippen LogP contribution in [0, 0.1) is 0 Å². The van der Waals surface area contributed by atoms with Crippen LogP contribution in [-0.2, 0) is 0 Å². The van der Waals surface area contributed by atoms with E-state index >= 15 is 0 Å². The number of hydrogen-bond acceptors (Lipinski definition) is 5. The van der Waals surface area contributed by atoms with Gasteiger partial charge in [0.1, 0.15) is 5.52 Å². The van der Waals surface area contributed by atoms with Crippen LogP contribution in [0.25, 0.3) is 33.3 Å². The molecule has 0 aliphatic carbocycles. The predicted molar refractivity (Wildman–Crippen MR) is 131 cm³/mol. The average Bonchev–Trinajstić information content (AvgIpc) is 3.41. The molecule has 0 spiro atoms. The van der Waals surface area contributed by atoms with E-state index in [0.29, 0.717) is 0 Å². The van der Waals surface area contributed by atoms with Crippen LogP contribution in [0.2, 0.25) is 0 Å². The molecule has 0 radical (unpaired) electrons. The topological polar surface area (TPSA) is 54.7 Å². The minimum absolute atomic E-state index is 0.761. The number of nitrogens with zero attached hydrogens (tertiary/aromatic N) is 2. The van der Waals surface area contributed by atoms with Crippen LogP contribution in [-0.4, -0.2) is 26.5 Å². The fraction of sp³-hybridized carbons (Fsp3) is 0.200. The van der Waals surface area contributed by atoms with Gasteiger partial charge < -0.3 is 9.40 Å². The van der Waals surface area contributed by atoms with Gasteiger partial charge >= 0.3 is 0 Å². The van der Waals surface area contributed by atoms with Crippen LogP contribution in [0.4, 0.5) is 0 Å². The fourth-order valence-corrected chi connectivity index (χ4v) is 5.21. The molecule has 2 aromatic heterocycles. The molecule has 5 aromatic rings. The maximum Gasteiger partial charge on any atom is 0.256 e. The van der Waals surface area contributed by atoms with E-state index in [4.69, 9.17) is 4.42 Å². The van der Waals surface area contributed by atoms with Gasteiger partial charge in [0.05, 0.1) is 11.0 Å². The highest BCUT2D eigenvalue weighted by atomic mass is 32.2. The van der Waals surface area contributed by atoms with E-state index in [9.17, 15) is 0 Å². The average molecular weight is 446 g/mol. The second-order valence-electron chi connectivity index (χ2n) is 7.34. The zero-order chi connectivity index (χ0) is 20.9. The molecule has 4 nitrogen and oxygen atoms in total. The van der Waals surface area contributed by atoms with E-state index in [1.807, 2.05) is 30.3 Å². The largest absolute Gasteiger partial charge is 0.431 e. The molecule has 1 N–H and O–H groups in total. The first-order valence-electron chi connectivity index (χ1n) is 10.5. The van der Waals surface area contributed by atoms with Crippen LogP contribution in [0.15, 0.2) is 87.6 Å². The highest BCUT2D eigenvalue weighted by molar-refractivity contribution is 7.99. The van der Waals surface area contributed by atoms with Crippen molar-refractivity contribution in [2.24, 2.45) is 0 Å². The molecule has 0 saturated heterocycles. The zero-order valence-electron chi connectivity index (χ0n) is 17.1. The predicted octanol–water partition coefficient (Wildman–Crippen LogP) is 7.43. The van der Waals surface area contributed by atoms with Gasteiger partial charge in [0, 0.05) is 11.5 Å². The molecule has 3 aromatic carbocycles. The third kappa shape index (κ3) is 4.97. The summed E-state index contributed by atoms with van der Waals surface area (Å²) in [5.74, 6) is 2.10. The van der Waals surface area contributed by atoms with Crippen LogP contribution in [0.3, 0.4) is 0 Å². The monoisotopic (exact) mass is 445 g/mol. The molecule has 2 heterocycles. The van der Waals surface area contributed by atoms with Gasteiger partial charge in [-0.25, -0.2) is 9.97 Å². The Kier molecular flexibility index (Phi) is 6.27. The zero-order valence-corrected chi connectivity index (χ0v) is 18.7. The van der Waals surface area contributed by atoms with Crippen molar-refractivity contribution in [1.29, 1.82) is 0 Å². The number of thioether (sulfide) groups is 2. The van der Waals surface area contributed by atoms with Gasteiger partial charge in [0.2, 0.25) is 0 Å². The molecule has 0 aliphatic rings. The van der Waals surface area contributed by atoms with Crippen LogP contribution >= 0.6 is 23.5 Å². The highest BCUT2D eigenvalue weighted by Crippen LogP contribution is 2.28. The summed E-state index contributed by atoms with van der Waals surface area (Å²) in [4.78, 5) is 12.7. The summed E-state index contributed by atoms with van der Waals surface area (Å²) in [7, 11) is 0. The molecule has 0 amide bonds. The second-order valence-corrected chi connectivity index (χ2v) is 9.47. The fourth-order valence-electron chi connectivity index (χ4n) is 3.49. The molecular weight excluding hydrogens is 422 g/mol. The third-order valence-corrected chi connectivity index (χ3v) is 6.97. The molecular formula is C25H23N3OS2. The van der Waals surface area contributed by atoms with Gasteiger partial charge in [-0.1, -0.05) is 78.5 Å². The van der Waals surface area contributed by atoms with E-state index in [1.54, 1.807) is 23.5 Å². The second kappa shape index (κ2) is 9.62. The Morgan fingerprint density at radius 1 is 0.710 bits per heavy atom. The number of imidazole rings is 1. The first-order chi connectivity index (χ1) is 15.3. The van der Waals surface area contributed by atoms with Gasteiger partial charge in [0.15, 0.2) is 10.7 Å². The lowest BCUT2D eigenvalue weighted by Crippen LogP contribution is -1.85. The first-order valence-corrected chi connectivity index (χ1v) is 12.5. The number of rotatable bonds is 9. The third-order valence-electron chi connectivity index (χ3n) is 5.10. The van der Waals surface area contributed by atoms with E-state index in [0.717, 1.165) is 50.4 Å². The normalized spacial score (nSPS) is 11.5. The van der Waals surface area contributed by atoms with Crippen molar-refractivity contribution in [1.82, 2.24) is 15.0 Å². The van der Waals surface area contributed by atoms with E-state index in [1.165, 1.54) is 24.0 Å². The smallest absolute Gasteiger partial charge is 0.256 e. The lowest BCUT2D eigenvalue weighted by atomic mass is 10.1. The van der Waals surface area contributed by atoms with Crippen molar-refractivity contribution in [3.63, 3.8) is 0 Å². The summed E-state index contributed by atoms with van der Waals surface area (Å²) in [6.07, 6.45) is 3.52. The summed E-state index contributed by atoms with van der Waals surface area (Å²) < 4.78 is 5.91. The Morgan fingerprint density at radius 2 is 1.52 bits per heavy atom. The molecule has 0 bridgehead atoms. The summed E-state index contributed by atoms with van der Waals surface area (Å²) >= 11 is 3.50. The van der Waals surface area contributed by atoms with Crippen LogP contribution in [0.1, 0.15) is 19.3 Å². The van der Waals surface area contributed by atoms with Crippen molar-refractivity contribution < 1.29 is 4.42 Å². The number of nitrogens with one attached hydrogen (secondary N) is 1. The van der Waals surface area contributed by atoms with Crippen molar-refractivity contribution in [2.75, 3.05) is 11.5 Å². The Hall–Kier alpha value is -2.70. The molecule has 6 heteroatoms. The molecule has 156 valence electrons. The van der Waals surface area contributed by atoms with Gasteiger partial charge in [-0.3, -0.25) is 0 Å². The number of aromatic nitrogens is 3. The molecule has 0 aliphatic heterocycles. The molecule has 31 heavy (non-hydrogen) atoms. The quantitative estimate of drug-likeness (QED) is 0.189. The molecule has 5 rings (SSSR count). The number of fused-ring (bicyclic) bond motifs is 2. The number of para-hydroxylation sites is 2. The van der Waals surface area contributed by atoms with Gasteiger partial charge in [0.25, 0.3) is 5.22 Å². The number of oxazole rings is 1. The number of H-pyrrole nitrogens is 1. The maximum absolute atomic E-state index is 5.91. The van der Waals surface area contributed by atoms with E-state index in [-0.39, 0.29) is 0 Å². The van der Waals surface area contributed by atoms with Crippen molar-refractivity contribution >= 4 is 45.7 Å². The maximum atomic E-state index is 5.91. The Labute approximate surface area is 189 Å². The number of hydrogen-bond donors (Lipinski definition) is 1.